The molecule has 11 atom stereocenters. The lowest BCUT2D eigenvalue weighted by Gasteiger charge is -2.63. The Bertz CT molecular complexity index is 604. The first kappa shape index (κ1) is 23.1. The fourth-order valence-electron chi connectivity index (χ4n) is 9.42. The quantitative estimate of drug-likeness (QED) is 0.561. The Morgan fingerprint density at radius 2 is 1.67 bits per heavy atom. The van der Waals surface area contributed by atoms with E-state index in [-0.39, 0.29) is 11.5 Å². The van der Waals surface area contributed by atoms with E-state index in [1.807, 2.05) is 0 Å². The third-order valence-electron chi connectivity index (χ3n) is 11.2. The maximum atomic E-state index is 10.6. The van der Waals surface area contributed by atoms with E-state index in [9.17, 15) is 10.2 Å². The minimum atomic E-state index is -0.754. The summed E-state index contributed by atoms with van der Waals surface area (Å²) in [5.74, 6) is 5.26. The van der Waals surface area contributed by atoms with E-state index in [4.69, 9.17) is 5.73 Å². The van der Waals surface area contributed by atoms with Crippen molar-refractivity contribution in [2.45, 2.75) is 117 Å². The molecule has 1 unspecified atom stereocenters. The molecule has 0 aromatic rings. The highest BCUT2D eigenvalue weighted by Crippen LogP contribution is 2.68. The summed E-state index contributed by atoms with van der Waals surface area (Å²) in [5, 5.41) is 21.0. The molecule has 0 heterocycles. The number of hydrogen-bond acceptors (Lipinski definition) is 3. The van der Waals surface area contributed by atoms with Crippen LogP contribution in [-0.2, 0) is 0 Å². The Kier molecular flexibility index (Phi) is 6.41. The summed E-state index contributed by atoms with van der Waals surface area (Å²) in [4.78, 5) is 0. The molecule has 4 aliphatic carbocycles. The van der Waals surface area contributed by atoms with Crippen LogP contribution in [0.5, 0.6) is 0 Å². The van der Waals surface area contributed by atoms with Gasteiger partial charge in [-0.3, -0.25) is 0 Å². The van der Waals surface area contributed by atoms with Crippen molar-refractivity contribution >= 4 is 0 Å². The van der Waals surface area contributed by atoms with E-state index in [0.29, 0.717) is 17.3 Å². The monoisotopic (exact) mass is 419 g/mol. The van der Waals surface area contributed by atoms with Gasteiger partial charge in [-0.2, -0.15) is 0 Å². The predicted octanol–water partition coefficient (Wildman–Crippen LogP) is 5.38. The Labute approximate surface area is 185 Å². The van der Waals surface area contributed by atoms with E-state index >= 15 is 0 Å². The van der Waals surface area contributed by atoms with Gasteiger partial charge < -0.3 is 15.9 Å². The molecule has 0 aromatic carbocycles. The van der Waals surface area contributed by atoms with E-state index in [1.54, 1.807) is 0 Å². The minimum absolute atomic E-state index is 0.0101. The minimum Gasteiger partial charge on any atom is -0.390 e. The molecule has 0 spiro atoms. The van der Waals surface area contributed by atoms with Crippen LogP contribution < -0.4 is 5.73 Å². The number of aliphatic hydroxyl groups excluding tert-OH is 2. The predicted molar refractivity (Wildman–Crippen MR) is 124 cm³/mol. The van der Waals surface area contributed by atoms with Gasteiger partial charge in [0.05, 0.1) is 12.2 Å². The Balaban J connectivity index is 1.51. The first-order valence-corrected chi connectivity index (χ1v) is 13.2. The van der Waals surface area contributed by atoms with Gasteiger partial charge >= 0.3 is 0 Å². The second-order valence-electron chi connectivity index (χ2n) is 12.9. The van der Waals surface area contributed by atoms with Crippen LogP contribution in [0.4, 0.5) is 0 Å². The first-order chi connectivity index (χ1) is 14.1. The summed E-state index contributed by atoms with van der Waals surface area (Å²) in [6.45, 7) is 12.2. The van der Waals surface area contributed by atoms with Gasteiger partial charge in [-0.15, -0.1) is 0 Å². The number of aliphatic hydroxyl groups is 2. The van der Waals surface area contributed by atoms with Crippen LogP contribution in [0.25, 0.3) is 0 Å². The summed E-state index contributed by atoms with van der Waals surface area (Å²) in [7, 11) is 0. The summed E-state index contributed by atoms with van der Waals surface area (Å²) in [6, 6.07) is -0.282. The summed E-state index contributed by atoms with van der Waals surface area (Å²) >= 11 is 0. The number of rotatable bonds is 5. The van der Waals surface area contributed by atoms with Gasteiger partial charge in [0.25, 0.3) is 0 Å². The molecule has 0 amide bonds. The topological polar surface area (TPSA) is 66.5 Å². The second-order valence-corrected chi connectivity index (χ2v) is 12.9. The van der Waals surface area contributed by atoms with Gasteiger partial charge in [-0.1, -0.05) is 53.9 Å². The highest BCUT2D eigenvalue weighted by atomic mass is 16.3. The molecule has 4 fully saturated rings. The molecule has 30 heavy (non-hydrogen) atoms. The highest BCUT2D eigenvalue weighted by Gasteiger charge is 2.63. The molecule has 4 saturated carbocycles. The molecule has 174 valence electrons. The Morgan fingerprint density at radius 3 is 2.37 bits per heavy atom. The Hall–Kier alpha value is -0.120. The maximum Gasteiger partial charge on any atom is 0.0955 e. The van der Waals surface area contributed by atoms with Crippen molar-refractivity contribution in [3.05, 3.63) is 0 Å². The molecule has 0 saturated heterocycles. The molecule has 3 nitrogen and oxygen atoms in total. The van der Waals surface area contributed by atoms with Crippen LogP contribution in [0.2, 0.25) is 0 Å². The number of fused-ring (bicyclic) bond motifs is 5. The lowest BCUT2D eigenvalue weighted by molar-refractivity contribution is -0.172. The molecule has 4 N–H and O–H groups in total. The SMILES string of the molecule is CC(C)CCC[C@@H](C)[C@H]1CC[C@H]2[C@@H]3CCC4C[C@@H](O)[C@@H](O)[C@H](N)[C@]4(C)[C@H]3CC[C@]12C. The molecule has 0 radical (unpaired) electrons. The average molecular weight is 420 g/mol. The van der Waals surface area contributed by atoms with Crippen molar-refractivity contribution in [1.29, 1.82) is 0 Å². The van der Waals surface area contributed by atoms with Gasteiger partial charge in [0, 0.05) is 6.04 Å². The zero-order valence-electron chi connectivity index (χ0n) is 20.3. The fourth-order valence-corrected chi connectivity index (χ4v) is 9.42. The van der Waals surface area contributed by atoms with Crippen molar-refractivity contribution in [3.63, 3.8) is 0 Å². The molecule has 4 aliphatic rings. The molecule has 4 rings (SSSR count). The van der Waals surface area contributed by atoms with Crippen molar-refractivity contribution in [3.8, 4) is 0 Å². The van der Waals surface area contributed by atoms with Crippen molar-refractivity contribution in [2.24, 2.45) is 58.0 Å². The summed E-state index contributed by atoms with van der Waals surface area (Å²) in [6.07, 6.45) is 11.4. The van der Waals surface area contributed by atoms with Crippen LogP contribution >= 0.6 is 0 Å². The van der Waals surface area contributed by atoms with Crippen molar-refractivity contribution < 1.29 is 10.2 Å². The first-order valence-electron chi connectivity index (χ1n) is 13.2. The molecular weight excluding hydrogens is 370 g/mol. The molecule has 0 aromatic heterocycles. The lowest BCUT2D eigenvalue weighted by atomic mass is 9.43. The fraction of sp³-hybridized carbons (Fsp3) is 1.00. The largest absolute Gasteiger partial charge is 0.390 e. The standard InChI is InChI=1S/C27H49NO2/c1-16(2)7-6-8-17(3)20-11-12-21-19-10-9-18-15-23(29)24(30)25(28)27(18,5)22(19)13-14-26(20,21)4/h16-25,29-30H,6-15,28H2,1-5H3/t17-,18?,19+,20-,21+,22+,23-,24-,25+,26-,27+/m1/s1. The van der Waals surface area contributed by atoms with Crippen LogP contribution in [0.1, 0.15) is 98.8 Å². The van der Waals surface area contributed by atoms with Crippen molar-refractivity contribution in [1.82, 2.24) is 0 Å². The van der Waals surface area contributed by atoms with Gasteiger partial charge in [0.1, 0.15) is 0 Å². The normalized spacial score (nSPS) is 51.9. The molecule has 0 bridgehead atoms. The molecule has 0 aliphatic heterocycles. The van der Waals surface area contributed by atoms with Crippen LogP contribution in [0.3, 0.4) is 0 Å². The number of nitrogens with two attached hydrogens (primary N) is 1. The van der Waals surface area contributed by atoms with Gasteiger partial charge in [0.2, 0.25) is 0 Å². The van der Waals surface area contributed by atoms with Crippen LogP contribution in [0.15, 0.2) is 0 Å². The zero-order valence-corrected chi connectivity index (χ0v) is 20.3. The third-order valence-corrected chi connectivity index (χ3v) is 11.2. The average Bonchev–Trinajstić information content (AvgIpc) is 3.04. The van der Waals surface area contributed by atoms with E-state index in [1.165, 1.54) is 57.8 Å². The van der Waals surface area contributed by atoms with E-state index in [2.05, 4.69) is 34.6 Å². The van der Waals surface area contributed by atoms with Crippen molar-refractivity contribution in [2.75, 3.05) is 0 Å². The zero-order chi connectivity index (χ0) is 21.8. The number of hydrogen-bond donors (Lipinski definition) is 3. The smallest absolute Gasteiger partial charge is 0.0955 e. The van der Waals surface area contributed by atoms with E-state index < -0.39 is 12.2 Å². The van der Waals surface area contributed by atoms with Gasteiger partial charge in [-0.05, 0) is 97.2 Å². The lowest BCUT2D eigenvalue weighted by Crippen LogP contribution is -2.66. The van der Waals surface area contributed by atoms with Gasteiger partial charge in [0.15, 0.2) is 0 Å². The Morgan fingerprint density at radius 1 is 0.933 bits per heavy atom. The third kappa shape index (κ3) is 3.50. The van der Waals surface area contributed by atoms with Crippen LogP contribution in [0, 0.1) is 52.3 Å². The highest BCUT2D eigenvalue weighted by molar-refractivity contribution is 5.14. The molecular formula is C27H49NO2. The second kappa shape index (κ2) is 8.34. The van der Waals surface area contributed by atoms with Gasteiger partial charge in [-0.25, -0.2) is 0 Å². The molecule has 3 heteroatoms. The summed E-state index contributed by atoms with van der Waals surface area (Å²) in [5.41, 5.74) is 7.17. The maximum absolute atomic E-state index is 10.6. The van der Waals surface area contributed by atoms with Crippen LogP contribution in [-0.4, -0.2) is 28.5 Å². The summed E-state index contributed by atoms with van der Waals surface area (Å²) < 4.78 is 0. The van der Waals surface area contributed by atoms with E-state index in [0.717, 1.165) is 36.0 Å².